The third-order valence-electron chi connectivity index (χ3n) is 2.91. The molecule has 0 aromatic heterocycles. The maximum absolute atomic E-state index is 12.8. The van der Waals surface area contributed by atoms with Crippen LogP contribution in [0.1, 0.15) is 12.5 Å². The van der Waals surface area contributed by atoms with Gasteiger partial charge in [0.05, 0.1) is 12.3 Å². The van der Waals surface area contributed by atoms with Gasteiger partial charge in [0.15, 0.2) is 0 Å². The molecule has 6 heteroatoms. The van der Waals surface area contributed by atoms with E-state index >= 15 is 0 Å². The van der Waals surface area contributed by atoms with Gasteiger partial charge >= 0.3 is 0 Å². The molecule has 0 bridgehead atoms. The average molecular weight is 364 g/mol. The molecule has 0 saturated heterocycles. The Morgan fingerprint density at radius 3 is 2.41 bits per heavy atom. The number of hydrogen-bond donors (Lipinski definition) is 2. The quantitative estimate of drug-likeness (QED) is 0.630. The first-order valence-electron chi connectivity index (χ1n) is 6.63. The Morgan fingerprint density at radius 2 is 1.77 bits per heavy atom. The fourth-order valence-electron chi connectivity index (χ4n) is 1.69. The number of hydrogen-bond acceptors (Lipinski definition) is 3. The highest BCUT2D eigenvalue weighted by Crippen LogP contribution is 2.11. The van der Waals surface area contributed by atoms with Crippen LogP contribution in [0.3, 0.4) is 0 Å². The molecule has 0 unspecified atom stereocenters. The maximum atomic E-state index is 12.8. The third kappa shape index (κ3) is 4.96. The van der Waals surface area contributed by atoms with Gasteiger partial charge in [0, 0.05) is 10.2 Å². The van der Waals surface area contributed by atoms with E-state index in [2.05, 4.69) is 31.8 Å². The lowest BCUT2D eigenvalue weighted by Crippen LogP contribution is -2.26. The monoisotopic (exact) mass is 363 g/mol. The standard InChI is InChI=1S/C16H15BrFN3O/c1-11(12-2-4-13(17)5-3-12)20-21-16(22)10-19-15-8-6-14(18)7-9-15/h2-9,19H,10H2,1H3,(H,21,22). The number of nitrogens with one attached hydrogen (secondary N) is 2. The fraction of sp³-hybridized carbons (Fsp3) is 0.125. The fourth-order valence-corrected chi connectivity index (χ4v) is 1.96. The lowest BCUT2D eigenvalue weighted by molar-refractivity contribution is -0.119. The summed E-state index contributed by atoms with van der Waals surface area (Å²) in [6.07, 6.45) is 0. The average Bonchev–Trinajstić information content (AvgIpc) is 2.52. The van der Waals surface area contributed by atoms with E-state index in [9.17, 15) is 9.18 Å². The molecule has 4 nitrogen and oxygen atoms in total. The summed E-state index contributed by atoms with van der Waals surface area (Å²) in [4.78, 5) is 11.7. The number of rotatable bonds is 5. The van der Waals surface area contributed by atoms with Crippen molar-refractivity contribution in [3.63, 3.8) is 0 Å². The summed E-state index contributed by atoms with van der Waals surface area (Å²) in [5, 5.41) is 6.94. The highest BCUT2D eigenvalue weighted by Gasteiger charge is 2.02. The molecule has 2 aromatic rings. The molecule has 2 rings (SSSR count). The molecule has 2 aromatic carbocycles. The van der Waals surface area contributed by atoms with Crippen molar-refractivity contribution in [1.29, 1.82) is 0 Å². The van der Waals surface area contributed by atoms with E-state index in [4.69, 9.17) is 0 Å². The number of benzene rings is 2. The Kier molecular flexibility index (Phi) is 5.66. The zero-order valence-corrected chi connectivity index (χ0v) is 13.5. The molecule has 0 aliphatic heterocycles. The first kappa shape index (κ1) is 16.2. The second-order valence-corrected chi connectivity index (χ2v) is 5.52. The van der Waals surface area contributed by atoms with Crippen LogP contribution in [0.5, 0.6) is 0 Å². The van der Waals surface area contributed by atoms with Crippen LogP contribution in [-0.2, 0) is 4.79 Å². The number of anilines is 1. The minimum atomic E-state index is -0.315. The van der Waals surface area contributed by atoms with Gasteiger partial charge in [-0.25, -0.2) is 9.82 Å². The van der Waals surface area contributed by atoms with Crippen molar-refractivity contribution in [2.75, 3.05) is 11.9 Å². The maximum Gasteiger partial charge on any atom is 0.259 e. The molecule has 0 saturated carbocycles. The van der Waals surface area contributed by atoms with Crippen molar-refractivity contribution in [3.05, 3.63) is 64.4 Å². The zero-order chi connectivity index (χ0) is 15.9. The summed E-state index contributed by atoms with van der Waals surface area (Å²) in [6.45, 7) is 1.87. The smallest absolute Gasteiger partial charge is 0.259 e. The van der Waals surface area contributed by atoms with Crippen LogP contribution in [0.25, 0.3) is 0 Å². The first-order chi connectivity index (χ1) is 10.5. The summed E-state index contributed by atoms with van der Waals surface area (Å²) < 4.78 is 13.7. The molecule has 0 radical (unpaired) electrons. The molecule has 0 fully saturated rings. The van der Waals surface area contributed by atoms with Crippen molar-refractivity contribution >= 4 is 33.2 Å². The molecule has 22 heavy (non-hydrogen) atoms. The summed E-state index contributed by atoms with van der Waals surface area (Å²) in [5.74, 6) is -0.592. The van der Waals surface area contributed by atoms with Crippen molar-refractivity contribution in [1.82, 2.24) is 5.43 Å². The van der Waals surface area contributed by atoms with E-state index in [1.165, 1.54) is 12.1 Å². The van der Waals surface area contributed by atoms with E-state index in [-0.39, 0.29) is 18.3 Å². The summed E-state index contributed by atoms with van der Waals surface area (Å²) in [5.41, 5.74) is 4.79. The van der Waals surface area contributed by atoms with Crippen LogP contribution in [0.15, 0.2) is 58.1 Å². The molecule has 114 valence electrons. The van der Waals surface area contributed by atoms with E-state index in [0.29, 0.717) is 11.4 Å². The molecule has 0 spiro atoms. The van der Waals surface area contributed by atoms with Crippen LogP contribution in [0.4, 0.5) is 10.1 Å². The van der Waals surface area contributed by atoms with Gasteiger partial charge in [-0.2, -0.15) is 5.10 Å². The Morgan fingerprint density at radius 1 is 1.14 bits per heavy atom. The summed E-state index contributed by atoms with van der Waals surface area (Å²) >= 11 is 3.36. The Labute approximate surface area is 136 Å². The largest absolute Gasteiger partial charge is 0.376 e. The van der Waals surface area contributed by atoms with Gasteiger partial charge in [0.25, 0.3) is 5.91 Å². The van der Waals surface area contributed by atoms with Gasteiger partial charge < -0.3 is 5.32 Å². The minimum absolute atomic E-state index is 0.0583. The van der Waals surface area contributed by atoms with E-state index in [0.717, 1.165) is 10.0 Å². The lowest BCUT2D eigenvalue weighted by atomic mass is 10.1. The van der Waals surface area contributed by atoms with Crippen LogP contribution in [0, 0.1) is 5.82 Å². The Bertz CT molecular complexity index is 669. The number of nitrogens with zero attached hydrogens (tertiary/aromatic N) is 1. The lowest BCUT2D eigenvalue weighted by Gasteiger charge is -2.06. The second kappa shape index (κ2) is 7.70. The van der Waals surface area contributed by atoms with E-state index in [1.54, 1.807) is 12.1 Å². The van der Waals surface area contributed by atoms with Crippen molar-refractivity contribution in [2.45, 2.75) is 6.92 Å². The third-order valence-corrected chi connectivity index (χ3v) is 3.44. The minimum Gasteiger partial charge on any atom is -0.376 e. The van der Waals surface area contributed by atoms with Gasteiger partial charge in [0.1, 0.15) is 5.82 Å². The Balaban J connectivity index is 1.85. The molecule has 0 heterocycles. The molecular formula is C16H15BrFN3O. The van der Waals surface area contributed by atoms with Crippen LogP contribution >= 0.6 is 15.9 Å². The molecule has 0 aliphatic rings. The molecule has 0 aliphatic carbocycles. The van der Waals surface area contributed by atoms with Crippen LogP contribution < -0.4 is 10.7 Å². The van der Waals surface area contributed by atoms with Crippen molar-refractivity contribution in [2.24, 2.45) is 5.10 Å². The molecular weight excluding hydrogens is 349 g/mol. The van der Waals surface area contributed by atoms with Crippen molar-refractivity contribution < 1.29 is 9.18 Å². The van der Waals surface area contributed by atoms with Gasteiger partial charge in [-0.1, -0.05) is 28.1 Å². The second-order valence-electron chi connectivity index (χ2n) is 4.60. The summed E-state index contributed by atoms with van der Waals surface area (Å²) in [7, 11) is 0. The van der Waals surface area contributed by atoms with Gasteiger partial charge in [-0.3, -0.25) is 4.79 Å². The SMILES string of the molecule is CC(=NNC(=O)CNc1ccc(F)cc1)c1ccc(Br)cc1. The highest BCUT2D eigenvalue weighted by atomic mass is 79.9. The van der Waals surface area contributed by atoms with Gasteiger partial charge in [-0.15, -0.1) is 0 Å². The number of amides is 1. The predicted molar refractivity (Wildman–Crippen MR) is 89.4 cm³/mol. The molecule has 1 amide bonds. The topological polar surface area (TPSA) is 53.5 Å². The highest BCUT2D eigenvalue weighted by molar-refractivity contribution is 9.10. The van der Waals surface area contributed by atoms with Gasteiger partial charge in [0.2, 0.25) is 0 Å². The molecule has 2 N–H and O–H groups in total. The van der Waals surface area contributed by atoms with Gasteiger partial charge in [-0.05, 0) is 48.9 Å². The number of hydrazone groups is 1. The van der Waals surface area contributed by atoms with E-state index in [1.807, 2.05) is 31.2 Å². The zero-order valence-electron chi connectivity index (χ0n) is 11.9. The van der Waals surface area contributed by atoms with Crippen LogP contribution in [0.2, 0.25) is 0 Å². The van der Waals surface area contributed by atoms with Crippen molar-refractivity contribution in [3.8, 4) is 0 Å². The normalized spacial score (nSPS) is 11.1. The number of carbonyl (C=O) groups is 1. The number of halogens is 2. The first-order valence-corrected chi connectivity index (χ1v) is 7.42. The Hall–Kier alpha value is -2.21. The summed E-state index contributed by atoms with van der Waals surface area (Å²) in [6, 6.07) is 13.4. The number of carbonyl (C=O) groups excluding carboxylic acids is 1. The van der Waals surface area contributed by atoms with E-state index < -0.39 is 0 Å². The predicted octanol–water partition coefficient (Wildman–Crippen LogP) is 3.54. The molecule has 0 atom stereocenters. The van der Waals surface area contributed by atoms with Crippen LogP contribution in [-0.4, -0.2) is 18.2 Å².